The molecule has 2 aromatic heterocycles. The van der Waals surface area contributed by atoms with Crippen molar-refractivity contribution in [2.45, 2.75) is 32.5 Å². The van der Waals surface area contributed by atoms with Gasteiger partial charge >= 0.3 is 0 Å². The van der Waals surface area contributed by atoms with Gasteiger partial charge in [-0.15, -0.1) is 10.2 Å². The molecule has 0 aliphatic heterocycles. The Morgan fingerprint density at radius 3 is 2.70 bits per heavy atom. The molecular formula is C20H20Cl2FN5OS. The molecule has 2 heterocycles. The number of thioether (sulfide) groups is 1. The molecule has 0 spiro atoms. The predicted molar refractivity (Wildman–Crippen MR) is 119 cm³/mol. The number of carbonyl (C=O) groups excluding carboxylic acids is 1. The number of aromatic nitrogens is 4. The molecule has 0 aliphatic carbocycles. The molecule has 6 nitrogen and oxygen atoms in total. The van der Waals surface area contributed by atoms with Crippen LogP contribution in [-0.2, 0) is 11.3 Å². The molecule has 0 unspecified atom stereocenters. The van der Waals surface area contributed by atoms with E-state index >= 15 is 0 Å². The number of pyridine rings is 1. The minimum absolute atomic E-state index is 0.0627. The van der Waals surface area contributed by atoms with Crippen molar-refractivity contribution in [2.75, 3.05) is 11.1 Å². The summed E-state index contributed by atoms with van der Waals surface area (Å²) in [5.41, 5.74) is 1.01. The van der Waals surface area contributed by atoms with Crippen LogP contribution in [0.2, 0.25) is 10.0 Å². The van der Waals surface area contributed by atoms with Gasteiger partial charge in [0.2, 0.25) is 5.91 Å². The molecule has 0 bridgehead atoms. The van der Waals surface area contributed by atoms with Gasteiger partial charge < -0.3 is 9.88 Å². The van der Waals surface area contributed by atoms with Crippen molar-refractivity contribution in [1.29, 1.82) is 0 Å². The van der Waals surface area contributed by atoms with Gasteiger partial charge in [-0.3, -0.25) is 4.79 Å². The summed E-state index contributed by atoms with van der Waals surface area (Å²) >= 11 is 13.4. The Balaban J connectivity index is 1.77. The van der Waals surface area contributed by atoms with Crippen LogP contribution < -0.4 is 5.32 Å². The minimum atomic E-state index is -0.372. The fraction of sp³-hybridized carbons (Fsp3) is 0.300. The van der Waals surface area contributed by atoms with Crippen LogP contribution in [-0.4, -0.2) is 31.4 Å². The summed E-state index contributed by atoms with van der Waals surface area (Å²) in [6.45, 7) is 6.42. The van der Waals surface area contributed by atoms with E-state index in [4.69, 9.17) is 23.2 Å². The standard InChI is InChI=1S/C20H20Cl2FN5OS/c1-11(2)9-28-19(13-6-4-5-7-15(13)23)26-27-20(28)30-10-16(29)25-18-17(22)12(3)14(21)8-24-18/h4-8,11H,9-10H2,1-3H3,(H,24,25,29). The molecule has 1 amide bonds. The van der Waals surface area contributed by atoms with Crippen molar-refractivity contribution in [3.8, 4) is 11.4 Å². The van der Waals surface area contributed by atoms with E-state index in [1.165, 1.54) is 24.0 Å². The molecule has 0 atom stereocenters. The smallest absolute Gasteiger partial charge is 0.236 e. The van der Waals surface area contributed by atoms with Gasteiger partial charge in [-0.2, -0.15) is 0 Å². The lowest BCUT2D eigenvalue weighted by Gasteiger charge is -2.13. The summed E-state index contributed by atoms with van der Waals surface area (Å²) in [5, 5.41) is 12.3. The van der Waals surface area contributed by atoms with Gasteiger partial charge in [0, 0.05) is 12.7 Å². The van der Waals surface area contributed by atoms with E-state index < -0.39 is 0 Å². The Kier molecular flexibility index (Phi) is 7.33. The zero-order chi connectivity index (χ0) is 21.8. The van der Waals surface area contributed by atoms with E-state index in [0.29, 0.717) is 38.7 Å². The molecular weight excluding hydrogens is 448 g/mol. The maximum atomic E-state index is 14.3. The van der Waals surface area contributed by atoms with Gasteiger partial charge in [-0.25, -0.2) is 9.37 Å². The van der Waals surface area contributed by atoms with Crippen LogP contribution in [0.25, 0.3) is 11.4 Å². The number of rotatable bonds is 7. The number of nitrogens with zero attached hydrogens (tertiary/aromatic N) is 4. The fourth-order valence-electron chi connectivity index (χ4n) is 2.71. The highest BCUT2D eigenvalue weighted by Gasteiger charge is 2.19. The van der Waals surface area contributed by atoms with Crippen LogP contribution in [0, 0.1) is 18.7 Å². The van der Waals surface area contributed by atoms with Gasteiger partial charge in [-0.05, 0) is 30.5 Å². The maximum Gasteiger partial charge on any atom is 0.236 e. The first-order valence-corrected chi connectivity index (χ1v) is 10.9. The van der Waals surface area contributed by atoms with Crippen molar-refractivity contribution in [3.05, 3.63) is 51.9 Å². The molecule has 0 saturated carbocycles. The Morgan fingerprint density at radius 2 is 2.00 bits per heavy atom. The van der Waals surface area contributed by atoms with Crippen LogP contribution in [0.5, 0.6) is 0 Å². The third-order valence-corrected chi connectivity index (χ3v) is 5.98. The van der Waals surface area contributed by atoms with Crippen molar-refractivity contribution in [1.82, 2.24) is 19.7 Å². The van der Waals surface area contributed by atoms with Crippen LogP contribution in [0.1, 0.15) is 19.4 Å². The summed E-state index contributed by atoms with van der Waals surface area (Å²) in [4.78, 5) is 16.5. The molecule has 1 N–H and O–H groups in total. The highest BCUT2D eigenvalue weighted by molar-refractivity contribution is 7.99. The number of nitrogens with one attached hydrogen (secondary N) is 1. The van der Waals surface area contributed by atoms with Crippen LogP contribution in [0.3, 0.4) is 0 Å². The first-order valence-electron chi connectivity index (χ1n) is 9.19. The highest BCUT2D eigenvalue weighted by Crippen LogP contribution is 2.30. The zero-order valence-electron chi connectivity index (χ0n) is 16.6. The maximum absolute atomic E-state index is 14.3. The molecule has 0 fully saturated rings. The molecule has 0 radical (unpaired) electrons. The first-order chi connectivity index (χ1) is 14.3. The van der Waals surface area contributed by atoms with Crippen LogP contribution >= 0.6 is 35.0 Å². The molecule has 3 aromatic rings. The average Bonchev–Trinajstić information content (AvgIpc) is 3.09. The number of benzene rings is 1. The molecule has 1 aromatic carbocycles. The highest BCUT2D eigenvalue weighted by atomic mass is 35.5. The van der Waals surface area contributed by atoms with Gasteiger partial charge in [0.25, 0.3) is 0 Å². The minimum Gasteiger partial charge on any atom is -0.309 e. The van der Waals surface area contributed by atoms with Gasteiger partial charge in [0.1, 0.15) is 5.82 Å². The number of anilines is 1. The summed E-state index contributed by atoms with van der Waals surface area (Å²) in [6, 6.07) is 6.42. The quantitative estimate of drug-likeness (QED) is 0.465. The van der Waals surface area contributed by atoms with E-state index in [1.54, 1.807) is 25.1 Å². The number of hydrogen-bond acceptors (Lipinski definition) is 5. The average molecular weight is 468 g/mol. The fourth-order valence-corrected chi connectivity index (χ4v) is 3.85. The van der Waals surface area contributed by atoms with Crippen LogP contribution in [0.15, 0.2) is 35.6 Å². The number of amides is 1. The SMILES string of the molecule is Cc1c(Cl)cnc(NC(=O)CSc2nnc(-c3ccccc3F)n2CC(C)C)c1Cl. The number of hydrogen-bond donors (Lipinski definition) is 1. The largest absolute Gasteiger partial charge is 0.309 e. The van der Waals surface area contributed by atoms with Crippen molar-refractivity contribution in [3.63, 3.8) is 0 Å². The lowest BCUT2D eigenvalue weighted by Crippen LogP contribution is -2.16. The summed E-state index contributed by atoms with van der Waals surface area (Å²) in [6.07, 6.45) is 1.44. The molecule has 10 heteroatoms. The normalized spacial score (nSPS) is 11.2. The lowest BCUT2D eigenvalue weighted by atomic mass is 10.2. The topological polar surface area (TPSA) is 72.7 Å². The molecule has 0 saturated heterocycles. The Hall–Kier alpha value is -2.16. The Labute approximate surface area is 188 Å². The monoisotopic (exact) mass is 467 g/mol. The van der Waals surface area contributed by atoms with Gasteiger partial charge in [0.15, 0.2) is 16.8 Å². The predicted octanol–water partition coefficient (Wildman–Crippen LogP) is 5.48. The number of carbonyl (C=O) groups is 1. The molecule has 0 aliphatic rings. The molecule has 158 valence electrons. The first kappa shape index (κ1) is 22.5. The molecule has 3 rings (SSSR count). The third-order valence-electron chi connectivity index (χ3n) is 4.17. The lowest BCUT2D eigenvalue weighted by molar-refractivity contribution is -0.113. The molecule has 30 heavy (non-hydrogen) atoms. The Morgan fingerprint density at radius 1 is 1.27 bits per heavy atom. The second-order valence-electron chi connectivity index (χ2n) is 7.02. The van der Waals surface area contributed by atoms with E-state index in [0.717, 1.165) is 0 Å². The van der Waals surface area contributed by atoms with Crippen molar-refractivity contribution < 1.29 is 9.18 Å². The van der Waals surface area contributed by atoms with Gasteiger partial charge in [-0.1, -0.05) is 60.9 Å². The van der Waals surface area contributed by atoms with E-state index in [1.807, 2.05) is 18.4 Å². The Bertz CT molecular complexity index is 1070. The second-order valence-corrected chi connectivity index (χ2v) is 8.75. The van der Waals surface area contributed by atoms with E-state index in [-0.39, 0.29) is 29.2 Å². The second kappa shape index (κ2) is 9.76. The van der Waals surface area contributed by atoms with Crippen molar-refractivity contribution in [2.24, 2.45) is 5.92 Å². The van der Waals surface area contributed by atoms with Gasteiger partial charge in [0.05, 0.1) is 21.4 Å². The zero-order valence-corrected chi connectivity index (χ0v) is 18.9. The third kappa shape index (κ3) is 5.11. The number of halogens is 3. The summed E-state index contributed by atoms with van der Waals surface area (Å²) in [7, 11) is 0. The van der Waals surface area contributed by atoms with Crippen LogP contribution in [0.4, 0.5) is 10.2 Å². The van der Waals surface area contributed by atoms with Crippen molar-refractivity contribution >= 4 is 46.7 Å². The van der Waals surface area contributed by atoms with E-state index in [9.17, 15) is 9.18 Å². The summed E-state index contributed by atoms with van der Waals surface area (Å²) in [5.74, 6) is 0.348. The van der Waals surface area contributed by atoms with E-state index in [2.05, 4.69) is 20.5 Å². The summed E-state index contributed by atoms with van der Waals surface area (Å²) < 4.78 is 16.1.